The summed E-state index contributed by atoms with van der Waals surface area (Å²) in [5, 5.41) is 5.30. The van der Waals surface area contributed by atoms with E-state index in [4.69, 9.17) is 0 Å². The summed E-state index contributed by atoms with van der Waals surface area (Å²) >= 11 is 0. The van der Waals surface area contributed by atoms with Crippen LogP contribution in [0.3, 0.4) is 0 Å². The van der Waals surface area contributed by atoms with Crippen LogP contribution in [0, 0.1) is 0 Å². The number of aromatic amines is 1. The maximum atomic E-state index is 3.65. The van der Waals surface area contributed by atoms with Gasteiger partial charge in [-0.15, -0.1) is 0 Å². The highest BCUT2D eigenvalue weighted by atomic mass is 14.9. The van der Waals surface area contributed by atoms with Gasteiger partial charge < -0.3 is 9.55 Å². The summed E-state index contributed by atoms with van der Waals surface area (Å²) in [6, 6.07) is 30.6. The molecule has 134 valence electrons. The number of hydrogen-bond acceptors (Lipinski definition) is 0. The summed E-state index contributed by atoms with van der Waals surface area (Å²) in [4.78, 5) is 3.65. The number of nitrogens with one attached hydrogen (secondary N) is 1. The predicted molar refractivity (Wildman–Crippen MR) is 119 cm³/mol. The second-order valence-electron chi connectivity index (χ2n) is 7.57. The summed E-state index contributed by atoms with van der Waals surface area (Å²) in [5.74, 6) is 0. The lowest BCUT2D eigenvalue weighted by molar-refractivity contribution is 1.01. The zero-order valence-electron chi connectivity index (χ0n) is 15.7. The molecule has 0 fully saturated rings. The van der Waals surface area contributed by atoms with Gasteiger partial charge in [-0.3, -0.25) is 0 Å². The highest BCUT2D eigenvalue weighted by Crippen LogP contribution is 2.34. The molecule has 28 heavy (non-hydrogen) atoms. The van der Waals surface area contributed by atoms with Crippen LogP contribution in [0.5, 0.6) is 0 Å². The summed E-state index contributed by atoms with van der Waals surface area (Å²) in [6.45, 7) is 0. The maximum Gasteiger partial charge on any atom is 0.0500 e. The van der Waals surface area contributed by atoms with E-state index in [9.17, 15) is 0 Å². The molecule has 2 nitrogen and oxygen atoms in total. The van der Waals surface area contributed by atoms with Gasteiger partial charge in [-0.1, -0.05) is 66.7 Å². The van der Waals surface area contributed by atoms with Gasteiger partial charge in [-0.25, -0.2) is 0 Å². The summed E-state index contributed by atoms with van der Waals surface area (Å²) in [5.41, 5.74) is 7.75. The standard InChI is InChI=1S/C26H20N2/c1-28-23-14-5-3-11-21(23)25-17(8-7-15-24(25)28)16-18-9-6-12-20-19-10-2-4-13-22(19)27-26(18)20/h2-15,27H,16H2,1H3. The molecule has 4 aromatic carbocycles. The highest BCUT2D eigenvalue weighted by molar-refractivity contribution is 6.11. The molecule has 0 unspecified atom stereocenters. The predicted octanol–water partition coefficient (Wildman–Crippen LogP) is 6.56. The van der Waals surface area contributed by atoms with Crippen molar-refractivity contribution < 1.29 is 0 Å². The van der Waals surface area contributed by atoms with E-state index >= 15 is 0 Å². The lowest BCUT2D eigenvalue weighted by Crippen LogP contribution is -1.92. The Morgan fingerprint density at radius 3 is 2.25 bits per heavy atom. The first-order valence-electron chi connectivity index (χ1n) is 9.74. The van der Waals surface area contributed by atoms with Crippen molar-refractivity contribution in [3.8, 4) is 0 Å². The van der Waals surface area contributed by atoms with Crippen LogP contribution in [0.4, 0.5) is 0 Å². The third-order valence-corrected chi connectivity index (χ3v) is 6.03. The fraction of sp³-hybridized carbons (Fsp3) is 0.0769. The number of hydrogen-bond donors (Lipinski definition) is 1. The number of rotatable bonds is 2. The van der Waals surface area contributed by atoms with Crippen LogP contribution >= 0.6 is 0 Å². The third kappa shape index (κ3) is 2.09. The zero-order chi connectivity index (χ0) is 18.7. The Morgan fingerprint density at radius 1 is 0.643 bits per heavy atom. The fourth-order valence-corrected chi connectivity index (χ4v) is 4.72. The molecule has 2 heteroatoms. The number of aryl methyl sites for hydroxylation is 1. The molecule has 2 heterocycles. The van der Waals surface area contributed by atoms with E-state index in [1.807, 2.05) is 0 Å². The van der Waals surface area contributed by atoms with Crippen molar-refractivity contribution in [3.05, 3.63) is 96.1 Å². The van der Waals surface area contributed by atoms with Crippen molar-refractivity contribution in [1.82, 2.24) is 9.55 Å². The van der Waals surface area contributed by atoms with Crippen LogP contribution in [0.25, 0.3) is 43.6 Å². The average Bonchev–Trinajstić information content (AvgIpc) is 3.26. The summed E-state index contributed by atoms with van der Waals surface area (Å²) in [6.07, 6.45) is 0.912. The van der Waals surface area contributed by atoms with Crippen LogP contribution in [0.15, 0.2) is 84.9 Å². The van der Waals surface area contributed by atoms with Gasteiger partial charge in [0.1, 0.15) is 0 Å². The van der Waals surface area contributed by atoms with E-state index in [2.05, 4.69) is 102 Å². The molecule has 6 aromatic rings. The number of nitrogens with zero attached hydrogens (tertiary/aromatic N) is 1. The van der Waals surface area contributed by atoms with Gasteiger partial charge in [0.2, 0.25) is 0 Å². The normalized spacial score (nSPS) is 11.9. The number of benzene rings is 4. The molecule has 0 saturated heterocycles. The van der Waals surface area contributed by atoms with E-state index in [1.54, 1.807) is 0 Å². The summed E-state index contributed by atoms with van der Waals surface area (Å²) in [7, 11) is 2.16. The van der Waals surface area contributed by atoms with E-state index in [1.165, 1.54) is 54.7 Å². The average molecular weight is 360 g/mol. The molecule has 0 spiro atoms. The Bertz CT molecular complexity index is 1500. The van der Waals surface area contributed by atoms with Gasteiger partial charge >= 0.3 is 0 Å². The quantitative estimate of drug-likeness (QED) is 0.361. The van der Waals surface area contributed by atoms with Gasteiger partial charge in [0, 0.05) is 51.6 Å². The fourth-order valence-electron chi connectivity index (χ4n) is 4.72. The van der Waals surface area contributed by atoms with E-state index < -0.39 is 0 Å². The smallest absolute Gasteiger partial charge is 0.0500 e. The maximum absolute atomic E-state index is 3.65. The zero-order valence-corrected chi connectivity index (χ0v) is 15.7. The molecule has 0 aliphatic heterocycles. The SMILES string of the molecule is Cn1c2ccccc2c2c(Cc3cccc4c3[nH]c3ccccc34)cccc21. The molecule has 0 radical (unpaired) electrons. The van der Waals surface area contributed by atoms with Gasteiger partial charge in [0.25, 0.3) is 0 Å². The monoisotopic (exact) mass is 360 g/mol. The third-order valence-electron chi connectivity index (χ3n) is 6.03. The van der Waals surface area contributed by atoms with Gasteiger partial charge in [0.15, 0.2) is 0 Å². The van der Waals surface area contributed by atoms with Gasteiger partial charge in [-0.05, 0) is 29.3 Å². The topological polar surface area (TPSA) is 20.7 Å². The molecule has 2 aromatic heterocycles. The molecule has 0 aliphatic carbocycles. The molecular weight excluding hydrogens is 340 g/mol. The van der Waals surface area contributed by atoms with Crippen molar-refractivity contribution in [2.75, 3.05) is 0 Å². The largest absolute Gasteiger partial charge is 0.354 e. The Hall–Kier alpha value is -3.52. The second-order valence-corrected chi connectivity index (χ2v) is 7.57. The molecule has 0 atom stereocenters. The minimum atomic E-state index is 0.912. The summed E-state index contributed by atoms with van der Waals surface area (Å²) < 4.78 is 2.30. The first-order chi connectivity index (χ1) is 13.8. The van der Waals surface area contributed by atoms with E-state index in [0.717, 1.165) is 6.42 Å². The minimum Gasteiger partial charge on any atom is -0.354 e. The van der Waals surface area contributed by atoms with Crippen molar-refractivity contribution in [3.63, 3.8) is 0 Å². The van der Waals surface area contributed by atoms with E-state index in [0.29, 0.717) is 0 Å². The highest BCUT2D eigenvalue weighted by Gasteiger charge is 2.13. The number of H-pyrrole nitrogens is 1. The first-order valence-corrected chi connectivity index (χ1v) is 9.74. The van der Waals surface area contributed by atoms with Crippen molar-refractivity contribution in [2.24, 2.45) is 7.05 Å². The molecule has 0 bridgehead atoms. The Balaban J connectivity index is 1.61. The van der Waals surface area contributed by atoms with Gasteiger partial charge in [0.05, 0.1) is 5.52 Å². The van der Waals surface area contributed by atoms with Crippen LogP contribution in [0.2, 0.25) is 0 Å². The Morgan fingerprint density at radius 2 is 1.32 bits per heavy atom. The Kier molecular flexibility index (Phi) is 3.18. The lowest BCUT2D eigenvalue weighted by atomic mass is 9.98. The van der Waals surface area contributed by atoms with Crippen molar-refractivity contribution >= 4 is 43.6 Å². The lowest BCUT2D eigenvalue weighted by Gasteiger charge is -2.07. The van der Waals surface area contributed by atoms with Crippen LogP contribution in [0.1, 0.15) is 11.1 Å². The molecule has 0 saturated carbocycles. The number of para-hydroxylation sites is 3. The molecule has 1 N–H and O–H groups in total. The van der Waals surface area contributed by atoms with Crippen molar-refractivity contribution in [2.45, 2.75) is 6.42 Å². The van der Waals surface area contributed by atoms with E-state index in [-0.39, 0.29) is 0 Å². The Labute approximate surface area is 163 Å². The van der Waals surface area contributed by atoms with Crippen LogP contribution in [-0.4, -0.2) is 9.55 Å². The first kappa shape index (κ1) is 15.5. The molecule has 0 aliphatic rings. The number of fused-ring (bicyclic) bond motifs is 6. The number of aromatic nitrogens is 2. The second kappa shape index (κ2) is 5.74. The minimum absolute atomic E-state index is 0.912. The van der Waals surface area contributed by atoms with Gasteiger partial charge in [-0.2, -0.15) is 0 Å². The van der Waals surface area contributed by atoms with Crippen LogP contribution < -0.4 is 0 Å². The molecule has 6 rings (SSSR count). The molecular formula is C26H20N2. The molecule has 0 amide bonds. The van der Waals surface area contributed by atoms with Crippen LogP contribution in [-0.2, 0) is 13.5 Å². The van der Waals surface area contributed by atoms with Crippen molar-refractivity contribution in [1.29, 1.82) is 0 Å².